The molecule has 0 radical (unpaired) electrons. The van der Waals surface area contributed by atoms with Gasteiger partial charge in [-0.05, 0) is 30.7 Å². The number of benzene rings is 1. The van der Waals surface area contributed by atoms with Crippen LogP contribution in [0.1, 0.15) is 16.1 Å². The maximum atomic E-state index is 13.6. The third kappa shape index (κ3) is 2.18. The van der Waals surface area contributed by atoms with Gasteiger partial charge in [-0.1, -0.05) is 6.07 Å². The van der Waals surface area contributed by atoms with E-state index >= 15 is 0 Å². The lowest BCUT2D eigenvalue weighted by Crippen LogP contribution is -2.14. The summed E-state index contributed by atoms with van der Waals surface area (Å²) in [5.74, 6) is -2.32. The lowest BCUT2D eigenvalue weighted by atomic mass is 10.2. The Bertz CT molecular complexity index is 550. The molecule has 1 N–H and O–H groups in total. The third-order valence-corrected chi connectivity index (χ3v) is 2.27. The van der Waals surface area contributed by atoms with Crippen LogP contribution in [0.5, 0.6) is 0 Å². The van der Waals surface area contributed by atoms with E-state index in [1.807, 2.05) is 0 Å². The molecule has 0 aliphatic heterocycles. The molecular weight excluding hydrogens is 228 g/mol. The van der Waals surface area contributed by atoms with E-state index in [9.17, 15) is 13.6 Å². The molecule has 88 valence electrons. The van der Waals surface area contributed by atoms with E-state index in [4.69, 9.17) is 4.42 Å². The molecule has 2 rings (SSSR count). The van der Waals surface area contributed by atoms with Crippen LogP contribution in [0.25, 0.3) is 0 Å². The highest BCUT2D eigenvalue weighted by Crippen LogP contribution is 2.22. The zero-order valence-corrected chi connectivity index (χ0v) is 8.96. The molecular formula is C12H9F2NO2. The molecule has 1 amide bonds. The maximum absolute atomic E-state index is 13.6. The SMILES string of the molecule is Cc1ccc(F)c(NC(=O)c2ccco2)c1F. The number of halogens is 2. The average molecular weight is 237 g/mol. The highest BCUT2D eigenvalue weighted by molar-refractivity contribution is 6.02. The quantitative estimate of drug-likeness (QED) is 0.871. The van der Waals surface area contributed by atoms with Crippen LogP contribution in [0.2, 0.25) is 0 Å². The van der Waals surface area contributed by atoms with Crippen LogP contribution < -0.4 is 5.32 Å². The molecule has 0 spiro atoms. The van der Waals surface area contributed by atoms with Crippen LogP contribution in [0.4, 0.5) is 14.5 Å². The minimum absolute atomic E-state index is 0.00898. The van der Waals surface area contributed by atoms with Crippen LogP contribution in [-0.2, 0) is 0 Å². The zero-order chi connectivity index (χ0) is 12.4. The number of hydrogen-bond acceptors (Lipinski definition) is 2. The average Bonchev–Trinajstić information content (AvgIpc) is 2.83. The second kappa shape index (κ2) is 4.37. The summed E-state index contributed by atoms with van der Waals surface area (Å²) in [7, 11) is 0. The number of rotatable bonds is 2. The second-order valence-electron chi connectivity index (χ2n) is 3.48. The third-order valence-electron chi connectivity index (χ3n) is 2.27. The fourth-order valence-corrected chi connectivity index (χ4v) is 1.35. The van der Waals surface area contributed by atoms with Gasteiger partial charge in [-0.3, -0.25) is 4.79 Å². The molecule has 0 bridgehead atoms. The summed E-state index contributed by atoms with van der Waals surface area (Å²) in [5, 5.41) is 2.14. The van der Waals surface area contributed by atoms with Crippen molar-refractivity contribution >= 4 is 11.6 Å². The van der Waals surface area contributed by atoms with Crippen LogP contribution >= 0.6 is 0 Å². The van der Waals surface area contributed by atoms with Gasteiger partial charge in [0, 0.05) is 0 Å². The monoisotopic (exact) mass is 237 g/mol. The number of hydrogen-bond donors (Lipinski definition) is 1. The van der Waals surface area contributed by atoms with Crippen molar-refractivity contribution in [1.82, 2.24) is 0 Å². The van der Waals surface area contributed by atoms with Crippen LogP contribution in [0, 0.1) is 18.6 Å². The fraction of sp³-hybridized carbons (Fsp3) is 0.0833. The Kier molecular flexibility index (Phi) is 2.91. The summed E-state index contributed by atoms with van der Waals surface area (Å²) >= 11 is 0. The highest BCUT2D eigenvalue weighted by Gasteiger charge is 2.16. The van der Waals surface area contributed by atoms with Crippen molar-refractivity contribution in [2.45, 2.75) is 6.92 Å². The summed E-state index contributed by atoms with van der Waals surface area (Å²) in [5.41, 5.74) is -0.215. The minimum Gasteiger partial charge on any atom is -0.459 e. The minimum atomic E-state index is -0.826. The zero-order valence-electron chi connectivity index (χ0n) is 8.96. The molecule has 0 saturated heterocycles. The van der Waals surface area contributed by atoms with Crippen molar-refractivity contribution in [3.8, 4) is 0 Å². The number of anilines is 1. The number of carbonyl (C=O) groups is 1. The van der Waals surface area contributed by atoms with Crippen molar-refractivity contribution in [3.05, 3.63) is 53.5 Å². The van der Waals surface area contributed by atoms with Crippen LogP contribution in [0.3, 0.4) is 0 Å². The van der Waals surface area contributed by atoms with E-state index < -0.39 is 23.2 Å². The molecule has 0 atom stereocenters. The second-order valence-corrected chi connectivity index (χ2v) is 3.48. The topological polar surface area (TPSA) is 42.2 Å². The van der Waals surface area contributed by atoms with Gasteiger partial charge in [0.25, 0.3) is 5.91 Å². The Morgan fingerprint density at radius 2 is 2.06 bits per heavy atom. The molecule has 1 aromatic heterocycles. The first-order valence-electron chi connectivity index (χ1n) is 4.89. The summed E-state index contributed by atoms with van der Waals surface area (Å²) in [4.78, 5) is 11.6. The van der Waals surface area contributed by atoms with Gasteiger partial charge in [0.15, 0.2) is 11.6 Å². The predicted molar refractivity (Wildman–Crippen MR) is 57.8 cm³/mol. The van der Waals surface area contributed by atoms with Crippen molar-refractivity contribution in [2.75, 3.05) is 5.32 Å². The standard InChI is InChI=1S/C12H9F2NO2/c1-7-4-5-8(13)11(10(7)14)15-12(16)9-3-2-6-17-9/h2-6H,1H3,(H,15,16). The van der Waals surface area contributed by atoms with Gasteiger partial charge in [-0.2, -0.15) is 0 Å². The molecule has 0 aliphatic carbocycles. The number of aryl methyl sites for hydroxylation is 1. The molecule has 2 aromatic rings. The molecule has 5 heteroatoms. The Labute approximate surface area is 96.1 Å². The van der Waals surface area contributed by atoms with E-state index in [-0.39, 0.29) is 11.3 Å². The van der Waals surface area contributed by atoms with Gasteiger partial charge in [0.1, 0.15) is 11.5 Å². The van der Waals surface area contributed by atoms with Crippen LogP contribution in [0.15, 0.2) is 34.9 Å². The normalized spacial score (nSPS) is 10.3. The Morgan fingerprint density at radius 3 is 2.71 bits per heavy atom. The summed E-state index contributed by atoms with van der Waals surface area (Å²) < 4.78 is 31.7. The number of amides is 1. The predicted octanol–water partition coefficient (Wildman–Crippen LogP) is 3.12. The van der Waals surface area contributed by atoms with E-state index in [0.717, 1.165) is 6.07 Å². The summed E-state index contributed by atoms with van der Waals surface area (Å²) in [6, 6.07) is 5.31. The molecule has 17 heavy (non-hydrogen) atoms. The Balaban J connectivity index is 2.31. The van der Waals surface area contributed by atoms with E-state index in [1.54, 1.807) is 0 Å². The molecule has 0 fully saturated rings. The smallest absolute Gasteiger partial charge is 0.291 e. The number of nitrogens with one attached hydrogen (secondary N) is 1. The van der Waals surface area contributed by atoms with Crippen molar-refractivity contribution in [1.29, 1.82) is 0 Å². The largest absolute Gasteiger partial charge is 0.459 e. The molecule has 1 heterocycles. The first-order valence-corrected chi connectivity index (χ1v) is 4.89. The fourth-order valence-electron chi connectivity index (χ4n) is 1.35. The molecule has 0 aliphatic rings. The lowest BCUT2D eigenvalue weighted by molar-refractivity contribution is 0.0995. The molecule has 1 aromatic carbocycles. The van der Waals surface area contributed by atoms with Gasteiger partial charge in [0.05, 0.1) is 6.26 Å². The molecule has 3 nitrogen and oxygen atoms in total. The van der Waals surface area contributed by atoms with Crippen molar-refractivity contribution in [3.63, 3.8) is 0 Å². The van der Waals surface area contributed by atoms with Crippen molar-refractivity contribution in [2.24, 2.45) is 0 Å². The lowest BCUT2D eigenvalue weighted by Gasteiger charge is -2.07. The summed E-state index contributed by atoms with van der Waals surface area (Å²) in [6.07, 6.45) is 1.30. The number of furan rings is 1. The van der Waals surface area contributed by atoms with Gasteiger partial charge in [-0.25, -0.2) is 8.78 Å². The summed E-state index contributed by atoms with van der Waals surface area (Å²) in [6.45, 7) is 1.48. The van der Waals surface area contributed by atoms with Crippen molar-refractivity contribution < 1.29 is 18.0 Å². The Morgan fingerprint density at radius 1 is 1.29 bits per heavy atom. The first-order chi connectivity index (χ1) is 8.09. The van der Waals surface area contributed by atoms with Gasteiger partial charge in [0.2, 0.25) is 0 Å². The first kappa shape index (κ1) is 11.3. The molecule has 0 unspecified atom stereocenters. The highest BCUT2D eigenvalue weighted by atomic mass is 19.1. The van der Waals surface area contributed by atoms with Gasteiger partial charge >= 0.3 is 0 Å². The van der Waals surface area contributed by atoms with Gasteiger partial charge < -0.3 is 9.73 Å². The van der Waals surface area contributed by atoms with Gasteiger partial charge in [-0.15, -0.1) is 0 Å². The van der Waals surface area contributed by atoms with Crippen LogP contribution in [-0.4, -0.2) is 5.91 Å². The van der Waals surface area contributed by atoms with E-state index in [1.165, 1.54) is 31.4 Å². The number of carbonyl (C=O) groups excluding carboxylic acids is 1. The van der Waals surface area contributed by atoms with E-state index in [0.29, 0.717) is 0 Å². The molecule has 0 saturated carbocycles. The van der Waals surface area contributed by atoms with E-state index in [2.05, 4.69) is 5.32 Å². The Hall–Kier alpha value is -2.17. The maximum Gasteiger partial charge on any atom is 0.291 e.